The van der Waals surface area contributed by atoms with Crippen LogP contribution in [0.15, 0.2) is 78.9 Å². The fourth-order valence-corrected chi connectivity index (χ4v) is 6.20. The van der Waals surface area contributed by atoms with Crippen molar-refractivity contribution in [3.8, 4) is 11.1 Å². The normalized spacial score (nSPS) is 17.9. The molecule has 3 aromatic carbocycles. The number of nitrogens with zero attached hydrogens (tertiary/aromatic N) is 1. The van der Waals surface area contributed by atoms with E-state index in [4.69, 9.17) is 4.74 Å². The van der Waals surface area contributed by atoms with Crippen LogP contribution in [0.5, 0.6) is 0 Å². The predicted molar refractivity (Wildman–Crippen MR) is 153 cm³/mol. The molecule has 2 aliphatic carbocycles. The van der Waals surface area contributed by atoms with Crippen molar-refractivity contribution >= 4 is 18.0 Å². The van der Waals surface area contributed by atoms with Crippen molar-refractivity contribution in [3.05, 3.63) is 95.6 Å². The smallest absolute Gasteiger partial charge is 0.407 e. The molecule has 1 saturated carbocycles. The van der Waals surface area contributed by atoms with E-state index in [9.17, 15) is 19.5 Å². The Labute approximate surface area is 235 Å². The van der Waals surface area contributed by atoms with E-state index in [1.807, 2.05) is 54.6 Å². The average Bonchev–Trinajstić information content (AvgIpc) is 3.29. The lowest BCUT2D eigenvalue weighted by atomic mass is 9.81. The summed E-state index contributed by atoms with van der Waals surface area (Å²) in [7, 11) is 0. The summed E-state index contributed by atoms with van der Waals surface area (Å²) in [6.45, 7) is 0.192. The molecule has 0 spiro atoms. The number of ether oxygens (including phenoxy) is 1. The third-order valence-corrected chi connectivity index (χ3v) is 8.18. The molecule has 40 heavy (non-hydrogen) atoms. The topological polar surface area (TPSA) is 95.9 Å². The van der Waals surface area contributed by atoms with Crippen LogP contribution in [0.3, 0.4) is 0 Å². The Kier molecular flexibility index (Phi) is 8.79. The highest BCUT2D eigenvalue weighted by atomic mass is 16.5. The molecule has 7 heteroatoms. The zero-order valence-corrected chi connectivity index (χ0v) is 22.6. The summed E-state index contributed by atoms with van der Waals surface area (Å²) < 4.78 is 5.77. The molecule has 208 valence electrons. The van der Waals surface area contributed by atoms with Crippen molar-refractivity contribution in [1.82, 2.24) is 10.2 Å². The van der Waals surface area contributed by atoms with Gasteiger partial charge in [0.05, 0.1) is 0 Å². The van der Waals surface area contributed by atoms with Gasteiger partial charge in [-0.05, 0) is 53.0 Å². The van der Waals surface area contributed by atoms with E-state index in [1.165, 1.54) is 27.2 Å². The Morgan fingerprint density at radius 3 is 2.15 bits per heavy atom. The second kappa shape index (κ2) is 12.8. The number of carboxylic acid groups (broad SMARTS) is 1. The van der Waals surface area contributed by atoms with Crippen LogP contribution in [0, 0.1) is 5.92 Å². The molecule has 5 rings (SSSR count). The molecule has 0 bridgehead atoms. The molecule has 2 amide bonds. The minimum Gasteiger partial charge on any atom is -0.480 e. The SMILES string of the molecule is O=C(O)CN(Cc1ccccc1)C(=O)CCC1CCCCC1NC(=O)OCC1c2ccccc2-c2ccccc21. The van der Waals surface area contributed by atoms with Gasteiger partial charge in [-0.2, -0.15) is 0 Å². The number of nitrogens with one attached hydrogen (secondary N) is 1. The predicted octanol–water partition coefficient (Wildman–Crippen LogP) is 5.98. The van der Waals surface area contributed by atoms with Gasteiger partial charge < -0.3 is 20.1 Å². The summed E-state index contributed by atoms with van der Waals surface area (Å²) in [6, 6.07) is 25.9. The van der Waals surface area contributed by atoms with Gasteiger partial charge in [-0.25, -0.2) is 4.79 Å². The quantitative estimate of drug-likeness (QED) is 0.330. The molecular weight excluding hydrogens is 504 g/mol. The first-order valence-electron chi connectivity index (χ1n) is 14.1. The molecule has 2 unspecified atom stereocenters. The molecule has 0 aromatic heterocycles. The van der Waals surface area contributed by atoms with Crippen LogP contribution in [-0.4, -0.2) is 47.2 Å². The number of benzene rings is 3. The van der Waals surface area contributed by atoms with Gasteiger partial charge in [0.25, 0.3) is 0 Å². The van der Waals surface area contributed by atoms with E-state index in [1.54, 1.807) is 0 Å². The zero-order chi connectivity index (χ0) is 27.9. The Morgan fingerprint density at radius 1 is 0.850 bits per heavy atom. The van der Waals surface area contributed by atoms with Gasteiger partial charge in [-0.3, -0.25) is 9.59 Å². The Morgan fingerprint density at radius 2 is 1.48 bits per heavy atom. The number of carbonyl (C=O) groups excluding carboxylic acids is 2. The molecule has 1 fully saturated rings. The van der Waals surface area contributed by atoms with E-state index in [0.29, 0.717) is 6.42 Å². The fourth-order valence-electron chi connectivity index (χ4n) is 6.20. The van der Waals surface area contributed by atoms with Gasteiger partial charge >= 0.3 is 12.1 Å². The van der Waals surface area contributed by atoms with E-state index in [0.717, 1.165) is 31.2 Å². The molecule has 0 saturated heterocycles. The maximum Gasteiger partial charge on any atom is 0.407 e. The first-order valence-corrected chi connectivity index (χ1v) is 14.1. The summed E-state index contributed by atoms with van der Waals surface area (Å²) in [5, 5.41) is 12.4. The molecule has 2 atom stereocenters. The molecule has 2 aliphatic rings. The van der Waals surface area contributed by atoms with Crippen molar-refractivity contribution in [2.45, 2.75) is 57.0 Å². The van der Waals surface area contributed by atoms with E-state index in [-0.39, 0.29) is 49.9 Å². The van der Waals surface area contributed by atoms with Gasteiger partial charge in [0, 0.05) is 24.9 Å². The number of hydrogen-bond donors (Lipinski definition) is 2. The van der Waals surface area contributed by atoms with Crippen LogP contribution in [-0.2, 0) is 20.9 Å². The maximum absolute atomic E-state index is 13.1. The van der Waals surface area contributed by atoms with E-state index < -0.39 is 12.1 Å². The van der Waals surface area contributed by atoms with Crippen LogP contribution in [0.1, 0.15) is 61.1 Å². The highest BCUT2D eigenvalue weighted by Gasteiger charge is 2.31. The van der Waals surface area contributed by atoms with Crippen LogP contribution >= 0.6 is 0 Å². The summed E-state index contributed by atoms with van der Waals surface area (Å²) in [5.74, 6) is -1.07. The summed E-state index contributed by atoms with van der Waals surface area (Å²) in [5.41, 5.74) is 5.62. The van der Waals surface area contributed by atoms with Crippen LogP contribution in [0.4, 0.5) is 4.79 Å². The highest BCUT2D eigenvalue weighted by Crippen LogP contribution is 2.44. The van der Waals surface area contributed by atoms with Gasteiger partial charge in [0.1, 0.15) is 13.2 Å². The highest BCUT2D eigenvalue weighted by molar-refractivity contribution is 5.81. The molecule has 3 aromatic rings. The van der Waals surface area contributed by atoms with Gasteiger partial charge in [-0.1, -0.05) is 91.7 Å². The second-order valence-electron chi connectivity index (χ2n) is 10.8. The number of aliphatic carboxylic acids is 1. The van der Waals surface area contributed by atoms with Crippen LogP contribution < -0.4 is 5.32 Å². The summed E-state index contributed by atoms with van der Waals surface area (Å²) in [4.78, 5) is 38.8. The number of rotatable bonds is 10. The van der Waals surface area contributed by atoms with Crippen molar-refractivity contribution in [2.75, 3.05) is 13.2 Å². The van der Waals surface area contributed by atoms with Crippen molar-refractivity contribution in [3.63, 3.8) is 0 Å². The lowest BCUT2D eigenvalue weighted by Gasteiger charge is -2.32. The number of amides is 2. The Hall–Kier alpha value is -4.13. The van der Waals surface area contributed by atoms with Gasteiger partial charge in [0.15, 0.2) is 0 Å². The third kappa shape index (κ3) is 6.53. The second-order valence-corrected chi connectivity index (χ2v) is 10.8. The lowest BCUT2D eigenvalue weighted by Crippen LogP contribution is -2.43. The van der Waals surface area contributed by atoms with Crippen molar-refractivity contribution < 1.29 is 24.2 Å². The van der Waals surface area contributed by atoms with E-state index >= 15 is 0 Å². The summed E-state index contributed by atoms with van der Waals surface area (Å²) >= 11 is 0. The van der Waals surface area contributed by atoms with Gasteiger partial charge in [-0.15, -0.1) is 0 Å². The number of hydrogen-bond acceptors (Lipinski definition) is 4. The third-order valence-electron chi connectivity index (χ3n) is 8.18. The minimum atomic E-state index is -1.03. The molecule has 0 heterocycles. The van der Waals surface area contributed by atoms with Crippen molar-refractivity contribution in [1.29, 1.82) is 0 Å². The number of carbonyl (C=O) groups is 3. The Bertz CT molecular complexity index is 1300. The monoisotopic (exact) mass is 540 g/mol. The lowest BCUT2D eigenvalue weighted by molar-refractivity contribution is -0.145. The largest absolute Gasteiger partial charge is 0.480 e. The van der Waals surface area contributed by atoms with Crippen LogP contribution in [0.2, 0.25) is 0 Å². The standard InChI is InChI=1S/C33H36N2O5/c36-31(35(21-32(37)38)20-23-10-2-1-3-11-23)19-18-24-12-4-9-17-30(24)34-33(39)40-22-29-27-15-7-5-13-25(27)26-14-6-8-16-28(26)29/h1-3,5-8,10-11,13-16,24,29-30H,4,9,12,17-22H2,(H,34,39)(H,37,38). The van der Waals surface area contributed by atoms with E-state index in [2.05, 4.69) is 29.6 Å². The number of carboxylic acids is 1. The number of fused-ring (bicyclic) bond motifs is 3. The minimum absolute atomic E-state index is 0.00255. The summed E-state index contributed by atoms with van der Waals surface area (Å²) in [6.07, 6.45) is 4.22. The van der Waals surface area contributed by atoms with Crippen molar-refractivity contribution in [2.24, 2.45) is 5.92 Å². The van der Waals surface area contributed by atoms with Gasteiger partial charge in [0.2, 0.25) is 5.91 Å². The maximum atomic E-state index is 13.1. The Balaban J connectivity index is 1.16. The molecule has 2 N–H and O–H groups in total. The fraction of sp³-hybridized carbons (Fsp3) is 0.364. The molecule has 0 radical (unpaired) electrons. The number of alkyl carbamates (subject to hydrolysis) is 1. The first-order chi connectivity index (χ1) is 19.5. The zero-order valence-electron chi connectivity index (χ0n) is 22.6. The first kappa shape index (κ1) is 27.4. The molecule has 0 aliphatic heterocycles. The molecular formula is C33H36N2O5. The average molecular weight is 541 g/mol. The molecule has 7 nitrogen and oxygen atoms in total. The van der Waals surface area contributed by atoms with Crippen LogP contribution in [0.25, 0.3) is 11.1 Å².